The van der Waals surface area contributed by atoms with E-state index in [0.717, 1.165) is 10.0 Å². The van der Waals surface area contributed by atoms with Gasteiger partial charge >= 0.3 is 0 Å². The van der Waals surface area contributed by atoms with E-state index in [4.69, 9.17) is 17.2 Å². The lowest BCUT2D eigenvalue weighted by Crippen LogP contribution is -2.20. The van der Waals surface area contributed by atoms with Crippen LogP contribution in [0.3, 0.4) is 0 Å². The first kappa shape index (κ1) is 9.51. The second-order valence-corrected chi connectivity index (χ2v) is 3.48. The number of benzene rings is 1. The molecule has 12 heavy (non-hydrogen) atoms. The van der Waals surface area contributed by atoms with Gasteiger partial charge in [-0.1, -0.05) is 6.07 Å². The number of hydrogen-bond donors (Lipinski definition) is 3. The zero-order chi connectivity index (χ0) is 9.14. The largest absolute Gasteiger partial charge is 0.398 e. The highest BCUT2D eigenvalue weighted by atomic mass is 79.9. The van der Waals surface area contributed by atoms with Crippen LogP contribution in [0, 0.1) is 0 Å². The van der Waals surface area contributed by atoms with Gasteiger partial charge in [0.05, 0.1) is 0 Å². The maximum absolute atomic E-state index is 5.72. The minimum Gasteiger partial charge on any atom is -0.398 e. The van der Waals surface area contributed by atoms with Gasteiger partial charge in [-0.25, -0.2) is 0 Å². The zero-order valence-electron chi connectivity index (χ0n) is 6.63. The van der Waals surface area contributed by atoms with Gasteiger partial charge in [0, 0.05) is 22.7 Å². The molecular formula is C8H12BrN3. The van der Waals surface area contributed by atoms with Crippen LogP contribution in [0.1, 0.15) is 11.6 Å². The van der Waals surface area contributed by atoms with Crippen molar-refractivity contribution in [2.75, 3.05) is 12.3 Å². The molecule has 4 heteroatoms. The van der Waals surface area contributed by atoms with Crippen molar-refractivity contribution in [3.05, 3.63) is 28.2 Å². The van der Waals surface area contributed by atoms with Gasteiger partial charge in [-0.05, 0) is 33.6 Å². The molecule has 0 unspecified atom stereocenters. The Labute approximate surface area is 80.0 Å². The molecule has 1 rings (SSSR count). The molecule has 0 aliphatic carbocycles. The first-order valence-electron chi connectivity index (χ1n) is 3.65. The van der Waals surface area contributed by atoms with Crippen LogP contribution in [0.25, 0.3) is 0 Å². The zero-order valence-corrected chi connectivity index (χ0v) is 8.21. The van der Waals surface area contributed by atoms with Crippen LogP contribution >= 0.6 is 15.9 Å². The summed E-state index contributed by atoms with van der Waals surface area (Å²) in [6.07, 6.45) is 0. The molecule has 0 amide bonds. The second kappa shape index (κ2) is 3.89. The molecule has 0 bridgehead atoms. The Morgan fingerprint density at radius 1 is 1.42 bits per heavy atom. The van der Waals surface area contributed by atoms with Gasteiger partial charge in [-0.2, -0.15) is 0 Å². The van der Waals surface area contributed by atoms with E-state index in [9.17, 15) is 0 Å². The van der Waals surface area contributed by atoms with Gasteiger partial charge in [0.15, 0.2) is 0 Å². The van der Waals surface area contributed by atoms with Crippen LogP contribution in [0.4, 0.5) is 5.69 Å². The van der Waals surface area contributed by atoms with E-state index in [1.165, 1.54) is 0 Å². The van der Waals surface area contributed by atoms with E-state index in [-0.39, 0.29) is 6.04 Å². The van der Waals surface area contributed by atoms with Gasteiger partial charge in [0.2, 0.25) is 0 Å². The van der Waals surface area contributed by atoms with E-state index in [1.54, 1.807) is 0 Å². The maximum atomic E-state index is 5.72. The topological polar surface area (TPSA) is 78.1 Å². The Kier molecular flexibility index (Phi) is 3.08. The summed E-state index contributed by atoms with van der Waals surface area (Å²) < 4.78 is 0.885. The average molecular weight is 230 g/mol. The molecule has 1 aromatic carbocycles. The Balaban J connectivity index is 2.96. The van der Waals surface area contributed by atoms with Crippen molar-refractivity contribution >= 4 is 21.6 Å². The summed E-state index contributed by atoms with van der Waals surface area (Å²) in [4.78, 5) is 0. The monoisotopic (exact) mass is 229 g/mol. The van der Waals surface area contributed by atoms with Crippen molar-refractivity contribution < 1.29 is 0 Å². The fraction of sp³-hybridized carbons (Fsp3) is 0.250. The molecule has 0 saturated carbocycles. The van der Waals surface area contributed by atoms with Crippen molar-refractivity contribution in [2.45, 2.75) is 6.04 Å². The van der Waals surface area contributed by atoms with Crippen molar-refractivity contribution in [2.24, 2.45) is 11.5 Å². The highest BCUT2D eigenvalue weighted by Crippen LogP contribution is 2.22. The molecule has 0 aliphatic heterocycles. The highest BCUT2D eigenvalue weighted by molar-refractivity contribution is 9.10. The molecule has 1 aromatic rings. The van der Waals surface area contributed by atoms with Crippen LogP contribution < -0.4 is 17.2 Å². The third-order valence-corrected chi connectivity index (χ3v) is 2.42. The third kappa shape index (κ3) is 1.97. The molecule has 6 N–H and O–H groups in total. The van der Waals surface area contributed by atoms with Crippen LogP contribution in [-0.2, 0) is 0 Å². The molecular weight excluding hydrogens is 218 g/mol. The van der Waals surface area contributed by atoms with Crippen molar-refractivity contribution in [3.8, 4) is 0 Å². The molecule has 0 radical (unpaired) electrons. The third-order valence-electron chi connectivity index (χ3n) is 1.70. The van der Waals surface area contributed by atoms with Crippen LogP contribution in [0.2, 0.25) is 0 Å². The summed E-state index contributed by atoms with van der Waals surface area (Å²) in [6.45, 7) is 0.432. The van der Waals surface area contributed by atoms with Crippen molar-refractivity contribution in [1.82, 2.24) is 0 Å². The summed E-state index contributed by atoms with van der Waals surface area (Å²) >= 11 is 3.30. The first-order valence-corrected chi connectivity index (χ1v) is 4.45. The molecule has 0 spiro atoms. The smallest absolute Gasteiger partial charge is 0.0461 e. The number of hydrogen-bond acceptors (Lipinski definition) is 3. The van der Waals surface area contributed by atoms with E-state index < -0.39 is 0 Å². The van der Waals surface area contributed by atoms with Crippen molar-refractivity contribution in [1.29, 1.82) is 0 Å². The second-order valence-electron chi connectivity index (χ2n) is 2.62. The van der Waals surface area contributed by atoms with E-state index in [1.807, 2.05) is 18.2 Å². The quantitative estimate of drug-likeness (QED) is 0.663. The van der Waals surface area contributed by atoms with Gasteiger partial charge in [0.25, 0.3) is 0 Å². The van der Waals surface area contributed by atoms with Crippen LogP contribution in [0.5, 0.6) is 0 Å². The van der Waals surface area contributed by atoms with Gasteiger partial charge in [-0.15, -0.1) is 0 Å². The fourth-order valence-corrected chi connectivity index (χ4v) is 1.18. The lowest BCUT2D eigenvalue weighted by atomic mass is 10.1. The molecule has 3 nitrogen and oxygen atoms in total. The van der Waals surface area contributed by atoms with Crippen LogP contribution in [0.15, 0.2) is 22.7 Å². The maximum Gasteiger partial charge on any atom is 0.0461 e. The Bertz CT molecular complexity index is 275. The fourth-order valence-electron chi connectivity index (χ4n) is 0.929. The summed E-state index contributed by atoms with van der Waals surface area (Å²) in [5, 5.41) is 0. The molecule has 1 atom stereocenters. The Hall–Kier alpha value is -0.580. The number of rotatable bonds is 2. The van der Waals surface area contributed by atoms with Gasteiger partial charge < -0.3 is 17.2 Å². The summed E-state index contributed by atoms with van der Waals surface area (Å²) in [5.41, 5.74) is 18.5. The molecule has 0 heterocycles. The average Bonchev–Trinajstić information content (AvgIpc) is 2.08. The SMILES string of the molecule is NC[C@H](N)c1ccc(Br)c(N)c1. The lowest BCUT2D eigenvalue weighted by Gasteiger charge is -2.09. The molecule has 0 saturated heterocycles. The molecule has 0 fully saturated rings. The predicted molar refractivity (Wildman–Crippen MR) is 54.5 cm³/mol. The predicted octanol–water partition coefficient (Wildman–Crippen LogP) is 0.990. The number of nitrogen functional groups attached to an aromatic ring is 1. The summed E-state index contributed by atoms with van der Waals surface area (Å²) in [5.74, 6) is 0. The highest BCUT2D eigenvalue weighted by Gasteiger charge is 2.04. The molecule has 66 valence electrons. The van der Waals surface area contributed by atoms with Gasteiger partial charge in [0.1, 0.15) is 0 Å². The Morgan fingerprint density at radius 3 is 2.58 bits per heavy atom. The van der Waals surface area contributed by atoms with Crippen LogP contribution in [-0.4, -0.2) is 6.54 Å². The minimum absolute atomic E-state index is 0.125. The first-order chi connectivity index (χ1) is 5.65. The normalized spacial score (nSPS) is 12.9. The molecule has 0 aliphatic rings. The Morgan fingerprint density at radius 2 is 2.08 bits per heavy atom. The van der Waals surface area contributed by atoms with Gasteiger partial charge in [-0.3, -0.25) is 0 Å². The standard InChI is InChI=1S/C8H12BrN3/c9-6-2-1-5(3-7(6)11)8(12)4-10/h1-3,8H,4,10-12H2/t8-/m0/s1. The van der Waals surface area contributed by atoms with E-state index in [0.29, 0.717) is 12.2 Å². The summed E-state index contributed by atoms with van der Waals surface area (Å²) in [7, 11) is 0. The molecule has 0 aromatic heterocycles. The number of anilines is 1. The minimum atomic E-state index is -0.125. The van der Waals surface area contributed by atoms with E-state index in [2.05, 4.69) is 15.9 Å². The number of halogens is 1. The van der Waals surface area contributed by atoms with E-state index >= 15 is 0 Å². The number of nitrogens with two attached hydrogens (primary N) is 3. The lowest BCUT2D eigenvalue weighted by molar-refractivity contribution is 0.737. The van der Waals surface area contributed by atoms with Crippen molar-refractivity contribution in [3.63, 3.8) is 0 Å². The summed E-state index contributed by atoms with van der Waals surface area (Å²) in [6, 6.07) is 5.50.